The summed E-state index contributed by atoms with van der Waals surface area (Å²) in [5.74, 6) is 0. The summed E-state index contributed by atoms with van der Waals surface area (Å²) < 4.78 is 0. The quantitative estimate of drug-likeness (QED) is 0.893. The zero-order chi connectivity index (χ0) is 15.0. The predicted octanol–water partition coefficient (Wildman–Crippen LogP) is 3.40. The molecule has 5 heteroatoms. The number of urea groups is 1. The lowest BCUT2D eigenvalue weighted by Crippen LogP contribution is -2.55. The number of anilines is 1. The smallest absolute Gasteiger partial charge is 0.324 e. The van der Waals surface area contributed by atoms with Gasteiger partial charge in [-0.3, -0.25) is 4.90 Å². The normalized spacial score (nSPS) is 20.9. The summed E-state index contributed by atoms with van der Waals surface area (Å²) in [5, 5.41) is 14.6. The average Bonchev–Trinajstić information content (AvgIpc) is 2.49. The number of rotatable bonds is 2. The monoisotopic (exact) mass is 302 g/mol. The number of amides is 2. The summed E-state index contributed by atoms with van der Waals surface area (Å²) >= 11 is 6.08. The Bertz CT molecular complexity index is 690. The van der Waals surface area contributed by atoms with Crippen LogP contribution in [0, 0.1) is 0 Å². The Labute approximate surface area is 128 Å². The van der Waals surface area contributed by atoms with E-state index in [0.29, 0.717) is 28.4 Å². The first-order valence-corrected chi connectivity index (χ1v) is 7.11. The van der Waals surface area contributed by atoms with E-state index in [0.717, 1.165) is 0 Å². The highest BCUT2D eigenvalue weighted by atomic mass is 35.5. The second-order valence-corrected chi connectivity index (χ2v) is 5.34. The number of nitrogens with zero attached hydrogens (tertiary/aromatic N) is 1. The van der Waals surface area contributed by atoms with Crippen molar-refractivity contribution >= 4 is 23.3 Å². The summed E-state index contributed by atoms with van der Waals surface area (Å²) in [6.07, 6.45) is 0. The highest BCUT2D eigenvalue weighted by molar-refractivity contribution is 6.30. The van der Waals surface area contributed by atoms with Crippen LogP contribution in [0.1, 0.15) is 18.1 Å². The molecule has 2 amide bonds. The number of hydrogen-bond acceptors (Lipinski definition) is 2. The van der Waals surface area contributed by atoms with Crippen LogP contribution in [-0.2, 0) is 5.72 Å². The second kappa shape index (κ2) is 5.06. The molecular formula is C16H15ClN2O2. The average molecular weight is 303 g/mol. The molecule has 3 rings (SSSR count). The SMILES string of the molecule is CCN1C(=O)Nc2ccc(Cl)cc2C1(O)c1ccccc1. The summed E-state index contributed by atoms with van der Waals surface area (Å²) in [6, 6.07) is 13.9. The van der Waals surface area contributed by atoms with Crippen molar-refractivity contribution in [3.05, 3.63) is 64.7 Å². The minimum absolute atomic E-state index is 0.335. The maximum atomic E-state index is 12.3. The van der Waals surface area contributed by atoms with Crippen molar-refractivity contribution in [2.24, 2.45) is 0 Å². The second-order valence-electron chi connectivity index (χ2n) is 4.90. The van der Waals surface area contributed by atoms with Crippen molar-refractivity contribution in [2.45, 2.75) is 12.6 Å². The van der Waals surface area contributed by atoms with Crippen LogP contribution in [0.3, 0.4) is 0 Å². The standard InChI is InChI=1S/C16H15ClN2O2/c1-2-19-15(20)18-14-9-8-12(17)10-13(14)16(19,21)11-6-4-3-5-7-11/h3-10,21H,2H2,1H3,(H,18,20). The summed E-state index contributed by atoms with van der Waals surface area (Å²) in [5.41, 5.74) is 0.242. The molecule has 0 spiro atoms. The Kier molecular flexibility index (Phi) is 3.35. The minimum atomic E-state index is -1.53. The molecule has 1 heterocycles. The van der Waals surface area contributed by atoms with Gasteiger partial charge >= 0.3 is 6.03 Å². The van der Waals surface area contributed by atoms with Crippen LogP contribution in [0.15, 0.2) is 48.5 Å². The summed E-state index contributed by atoms with van der Waals surface area (Å²) in [6.45, 7) is 2.19. The van der Waals surface area contributed by atoms with Crippen LogP contribution in [0.2, 0.25) is 5.02 Å². The third-order valence-corrected chi connectivity index (χ3v) is 3.96. The van der Waals surface area contributed by atoms with Crippen LogP contribution in [0.4, 0.5) is 10.5 Å². The van der Waals surface area contributed by atoms with E-state index in [1.807, 2.05) is 25.1 Å². The van der Waals surface area contributed by atoms with Crippen molar-refractivity contribution in [3.63, 3.8) is 0 Å². The van der Waals surface area contributed by atoms with Crippen molar-refractivity contribution in [1.29, 1.82) is 0 Å². The Balaban J connectivity index is 2.29. The molecule has 2 aromatic carbocycles. The highest BCUT2D eigenvalue weighted by Gasteiger charge is 2.45. The van der Waals surface area contributed by atoms with Gasteiger partial charge in [0, 0.05) is 22.7 Å². The van der Waals surface area contributed by atoms with Crippen molar-refractivity contribution < 1.29 is 9.90 Å². The molecule has 2 N–H and O–H groups in total. The fraction of sp³-hybridized carbons (Fsp3) is 0.188. The topological polar surface area (TPSA) is 52.6 Å². The molecule has 108 valence electrons. The van der Waals surface area contributed by atoms with Gasteiger partial charge in [0.1, 0.15) is 0 Å². The Morgan fingerprint density at radius 3 is 2.62 bits per heavy atom. The largest absolute Gasteiger partial charge is 0.363 e. The maximum Gasteiger partial charge on any atom is 0.324 e. The molecule has 1 atom stereocenters. The van der Waals surface area contributed by atoms with Gasteiger partial charge < -0.3 is 10.4 Å². The van der Waals surface area contributed by atoms with E-state index in [1.54, 1.807) is 30.3 Å². The molecule has 0 aromatic heterocycles. The molecule has 0 aliphatic carbocycles. The number of halogens is 1. The fourth-order valence-electron chi connectivity index (χ4n) is 2.74. The van der Waals surface area contributed by atoms with E-state index in [2.05, 4.69) is 5.32 Å². The minimum Gasteiger partial charge on any atom is -0.363 e. The van der Waals surface area contributed by atoms with E-state index in [9.17, 15) is 9.90 Å². The van der Waals surface area contributed by atoms with Gasteiger partial charge in [0.05, 0.1) is 5.69 Å². The highest BCUT2D eigenvalue weighted by Crippen LogP contribution is 2.42. The first-order valence-electron chi connectivity index (χ1n) is 6.74. The number of aliphatic hydroxyl groups is 1. The van der Waals surface area contributed by atoms with Gasteiger partial charge in [-0.15, -0.1) is 0 Å². The van der Waals surface area contributed by atoms with E-state index in [1.165, 1.54) is 4.90 Å². The van der Waals surface area contributed by atoms with Crippen molar-refractivity contribution in [1.82, 2.24) is 4.90 Å². The Morgan fingerprint density at radius 2 is 1.95 bits per heavy atom. The molecule has 1 aliphatic rings. The molecule has 21 heavy (non-hydrogen) atoms. The zero-order valence-electron chi connectivity index (χ0n) is 11.5. The molecule has 4 nitrogen and oxygen atoms in total. The Hall–Kier alpha value is -2.04. The van der Waals surface area contributed by atoms with Gasteiger partial charge in [0.25, 0.3) is 0 Å². The summed E-state index contributed by atoms with van der Waals surface area (Å²) in [7, 11) is 0. The van der Waals surface area contributed by atoms with E-state index >= 15 is 0 Å². The lowest BCUT2D eigenvalue weighted by Gasteiger charge is -2.44. The van der Waals surface area contributed by atoms with Gasteiger partial charge in [0.2, 0.25) is 0 Å². The van der Waals surface area contributed by atoms with Crippen LogP contribution < -0.4 is 5.32 Å². The maximum absolute atomic E-state index is 12.3. The molecule has 1 unspecified atom stereocenters. The third kappa shape index (κ3) is 2.07. The predicted molar refractivity (Wildman–Crippen MR) is 82.3 cm³/mol. The van der Waals surface area contributed by atoms with Crippen LogP contribution >= 0.6 is 11.6 Å². The molecule has 0 saturated heterocycles. The number of hydrogen-bond donors (Lipinski definition) is 2. The molecule has 0 bridgehead atoms. The van der Waals surface area contributed by atoms with Crippen LogP contribution in [0.25, 0.3) is 0 Å². The molecule has 0 fully saturated rings. The van der Waals surface area contributed by atoms with Gasteiger partial charge in [-0.2, -0.15) is 0 Å². The van der Waals surface area contributed by atoms with Gasteiger partial charge in [-0.25, -0.2) is 4.79 Å². The molecule has 1 aliphatic heterocycles. The van der Waals surface area contributed by atoms with E-state index in [4.69, 9.17) is 11.6 Å². The number of carbonyl (C=O) groups is 1. The van der Waals surface area contributed by atoms with Gasteiger partial charge in [0.15, 0.2) is 5.72 Å². The number of carbonyl (C=O) groups excluding carboxylic acids is 1. The fourth-order valence-corrected chi connectivity index (χ4v) is 2.92. The lowest BCUT2D eigenvalue weighted by molar-refractivity contribution is -0.0493. The number of nitrogens with one attached hydrogen (secondary N) is 1. The molecular weight excluding hydrogens is 288 g/mol. The van der Waals surface area contributed by atoms with Crippen LogP contribution in [0.5, 0.6) is 0 Å². The first-order chi connectivity index (χ1) is 10.1. The van der Waals surface area contributed by atoms with Gasteiger partial charge in [-0.1, -0.05) is 41.9 Å². The zero-order valence-corrected chi connectivity index (χ0v) is 12.3. The van der Waals surface area contributed by atoms with E-state index in [-0.39, 0.29) is 6.03 Å². The third-order valence-electron chi connectivity index (χ3n) is 3.73. The first kappa shape index (κ1) is 13.9. The van der Waals surface area contributed by atoms with Crippen molar-refractivity contribution in [3.8, 4) is 0 Å². The number of benzene rings is 2. The molecule has 0 radical (unpaired) electrons. The summed E-state index contributed by atoms with van der Waals surface area (Å²) in [4.78, 5) is 13.7. The number of fused-ring (bicyclic) bond motifs is 1. The lowest BCUT2D eigenvalue weighted by atomic mass is 9.90. The van der Waals surface area contributed by atoms with Gasteiger partial charge in [-0.05, 0) is 25.1 Å². The van der Waals surface area contributed by atoms with E-state index < -0.39 is 5.72 Å². The van der Waals surface area contributed by atoms with Crippen molar-refractivity contribution in [2.75, 3.05) is 11.9 Å². The van der Waals surface area contributed by atoms with Crippen LogP contribution in [-0.4, -0.2) is 22.6 Å². The molecule has 2 aromatic rings. The Morgan fingerprint density at radius 1 is 1.24 bits per heavy atom. The molecule has 0 saturated carbocycles.